The first-order valence-corrected chi connectivity index (χ1v) is 20.1. The van der Waals surface area contributed by atoms with E-state index in [1.54, 1.807) is 0 Å². The second-order valence-electron chi connectivity index (χ2n) is 15.5. The fourth-order valence-corrected chi connectivity index (χ4v) is 10.3. The van der Waals surface area contributed by atoms with Crippen LogP contribution in [0.4, 0.5) is 0 Å². The number of rotatable bonds is 5. The van der Waals surface area contributed by atoms with Gasteiger partial charge in [0, 0.05) is 38.5 Å². The molecule has 2 aliphatic rings. The van der Waals surface area contributed by atoms with Gasteiger partial charge in [-0.25, -0.2) is 0 Å². The Balaban J connectivity index is 1.17. The molecular weight excluding hydrogens is 689 g/mol. The summed E-state index contributed by atoms with van der Waals surface area (Å²) < 4.78 is 4.97. The van der Waals surface area contributed by atoms with Crippen molar-refractivity contribution in [3.8, 4) is 27.9 Å². The van der Waals surface area contributed by atoms with Gasteiger partial charge in [0.25, 0.3) is 0 Å². The molecule has 0 spiro atoms. The number of para-hydroxylation sites is 3. The highest BCUT2D eigenvalue weighted by molar-refractivity contribution is 6.16. The van der Waals surface area contributed by atoms with Gasteiger partial charge in [0.1, 0.15) is 0 Å². The van der Waals surface area contributed by atoms with E-state index in [0.29, 0.717) is 0 Å². The van der Waals surface area contributed by atoms with E-state index >= 15 is 0 Å². The Hall–Kier alpha value is -7.16. The molecule has 57 heavy (non-hydrogen) atoms. The van der Waals surface area contributed by atoms with Crippen molar-refractivity contribution < 1.29 is 0 Å². The van der Waals surface area contributed by atoms with Crippen molar-refractivity contribution >= 4 is 49.3 Å². The first-order valence-electron chi connectivity index (χ1n) is 20.1. The molecule has 0 amide bonds. The molecule has 2 aliphatic carbocycles. The first kappa shape index (κ1) is 32.1. The van der Waals surface area contributed by atoms with Crippen LogP contribution in [0.25, 0.3) is 77.2 Å². The SMILES string of the molecule is C1=CCCC(n2c3ccc(-c4cccc5c6ccccc6n(-c6ccccc6)c45)cc3c3cc(C4(c5ccccc5)c5ccccc5-c5ccccc54)ccc32)=C1. The van der Waals surface area contributed by atoms with Gasteiger partial charge in [-0.05, 0) is 100 Å². The fourth-order valence-electron chi connectivity index (χ4n) is 10.3. The van der Waals surface area contributed by atoms with Gasteiger partial charge in [-0.15, -0.1) is 0 Å². The number of aromatic nitrogens is 2. The van der Waals surface area contributed by atoms with Crippen molar-refractivity contribution in [3.05, 3.63) is 229 Å². The maximum absolute atomic E-state index is 2.52. The van der Waals surface area contributed by atoms with E-state index in [1.165, 1.54) is 99.5 Å². The molecule has 268 valence electrons. The minimum absolute atomic E-state index is 0.469. The number of hydrogen-bond acceptors (Lipinski definition) is 0. The summed E-state index contributed by atoms with van der Waals surface area (Å²) in [5, 5.41) is 5.06. The number of fused-ring (bicyclic) bond motifs is 9. The molecule has 2 nitrogen and oxygen atoms in total. The van der Waals surface area contributed by atoms with Crippen LogP contribution in [0.2, 0.25) is 0 Å². The lowest BCUT2D eigenvalue weighted by atomic mass is 9.67. The topological polar surface area (TPSA) is 9.86 Å². The average molecular weight is 727 g/mol. The maximum atomic E-state index is 2.52. The van der Waals surface area contributed by atoms with Gasteiger partial charge in [-0.3, -0.25) is 0 Å². The van der Waals surface area contributed by atoms with Crippen LogP contribution in [-0.4, -0.2) is 9.13 Å². The summed E-state index contributed by atoms with van der Waals surface area (Å²) in [5.74, 6) is 0. The molecule has 2 heterocycles. The average Bonchev–Trinajstić information content (AvgIpc) is 3.91. The molecule has 0 bridgehead atoms. The predicted molar refractivity (Wildman–Crippen MR) is 239 cm³/mol. The summed E-state index contributed by atoms with van der Waals surface area (Å²) in [6, 6.07) is 70.1. The second kappa shape index (κ2) is 12.4. The minimum atomic E-state index is -0.469. The Morgan fingerprint density at radius 3 is 1.79 bits per heavy atom. The summed E-state index contributed by atoms with van der Waals surface area (Å²) in [6.07, 6.45) is 8.85. The Labute approximate surface area is 331 Å². The van der Waals surface area contributed by atoms with Crippen molar-refractivity contribution in [2.24, 2.45) is 0 Å². The minimum Gasteiger partial charge on any atom is -0.313 e. The number of hydrogen-bond donors (Lipinski definition) is 0. The predicted octanol–water partition coefficient (Wildman–Crippen LogP) is 14.1. The van der Waals surface area contributed by atoms with Crippen LogP contribution in [0.3, 0.4) is 0 Å². The highest BCUT2D eigenvalue weighted by Gasteiger charge is 2.46. The van der Waals surface area contributed by atoms with E-state index in [9.17, 15) is 0 Å². The third-order valence-electron chi connectivity index (χ3n) is 12.7. The summed E-state index contributed by atoms with van der Waals surface area (Å²) in [4.78, 5) is 0. The summed E-state index contributed by atoms with van der Waals surface area (Å²) in [7, 11) is 0. The van der Waals surface area contributed by atoms with E-state index in [0.717, 1.165) is 12.8 Å². The molecule has 12 rings (SSSR count). The van der Waals surface area contributed by atoms with E-state index in [1.807, 2.05) is 0 Å². The van der Waals surface area contributed by atoms with Crippen LogP contribution in [0.15, 0.2) is 206 Å². The van der Waals surface area contributed by atoms with Crippen LogP contribution in [-0.2, 0) is 5.41 Å². The summed E-state index contributed by atoms with van der Waals surface area (Å²) in [6.45, 7) is 0. The molecule has 8 aromatic carbocycles. The van der Waals surface area contributed by atoms with Gasteiger partial charge in [0.15, 0.2) is 0 Å². The molecule has 0 radical (unpaired) electrons. The molecule has 0 fully saturated rings. The van der Waals surface area contributed by atoms with Crippen molar-refractivity contribution in [2.75, 3.05) is 0 Å². The second-order valence-corrected chi connectivity index (χ2v) is 15.5. The Bertz CT molecular complexity index is 3240. The van der Waals surface area contributed by atoms with Crippen LogP contribution in [0, 0.1) is 0 Å². The molecule has 0 saturated carbocycles. The van der Waals surface area contributed by atoms with Gasteiger partial charge in [0.2, 0.25) is 0 Å². The highest BCUT2D eigenvalue weighted by atomic mass is 15.0. The van der Waals surface area contributed by atoms with Gasteiger partial charge >= 0.3 is 0 Å². The fraction of sp³-hybridized carbons (Fsp3) is 0.0545. The van der Waals surface area contributed by atoms with Crippen LogP contribution in [0.5, 0.6) is 0 Å². The van der Waals surface area contributed by atoms with E-state index in [2.05, 4.69) is 215 Å². The van der Waals surface area contributed by atoms with Gasteiger partial charge in [-0.1, -0.05) is 158 Å². The Morgan fingerprint density at radius 2 is 1.04 bits per heavy atom. The summed E-state index contributed by atoms with van der Waals surface area (Å²) in [5.41, 5.74) is 17.3. The molecule has 0 unspecified atom stereocenters. The van der Waals surface area contributed by atoms with Crippen molar-refractivity contribution in [1.82, 2.24) is 9.13 Å². The van der Waals surface area contributed by atoms with E-state index < -0.39 is 5.41 Å². The zero-order chi connectivity index (χ0) is 37.5. The molecule has 10 aromatic rings. The van der Waals surface area contributed by atoms with Gasteiger partial charge in [0.05, 0.1) is 27.5 Å². The molecule has 2 heteroatoms. The smallest absolute Gasteiger partial charge is 0.0713 e. The van der Waals surface area contributed by atoms with E-state index in [-0.39, 0.29) is 0 Å². The molecule has 0 saturated heterocycles. The third-order valence-corrected chi connectivity index (χ3v) is 12.7. The number of nitrogens with zero attached hydrogens (tertiary/aromatic N) is 2. The molecule has 0 aliphatic heterocycles. The van der Waals surface area contributed by atoms with Crippen molar-refractivity contribution in [3.63, 3.8) is 0 Å². The first-order chi connectivity index (χ1) is 28.3. The normalized spacial score (nSPS) is 14.4. The quantitative estimate of drug-likeness (QED) is 0.167. The zero-order valence-corrected chi connectivity index (χ0v) is 31.4. The van der Waals surface area contributed by atoms with Gasteiger partial charge in [-0.2, -0.15) is 0 Å². The monoisotopic (exact) mass is 726 g/mol. The lowest BCUT2D eigenvalue weighted by Gasteiger charge is -2.34. The maximum Gasteiger partial charge on any atom is 0.0713 e. The molecule has 0 N–H and O–H groups in total. The van der Waals surface area contributed by atoms with Crippen LogP contribution in [0.1, 0.15) is 35.1 Å². The molecule has 2 aromatic heterocycles. The van der Waals surface area contributed by atoms with Crippen LogP contribution >= 0.6 is 0 Å². The Morgan fingerprint density at radius 1 is 0.421 bits per heavy atom. The lowest BCUT2D eigenvalue weighted by Crippen LogP contribution is -2.28. The Kier molecular flexibility index (Phi) is 7.00. The zero-order valence-electron chi connectivity index (χ0n) is 31.4. The number of benzene rings is 8. The third kappa shape index (κ3) is 4.53. The van der Waals surface area contributed by atoms with Crippen molar-refractivity contribution in [1.29, 1.82) is 0 Å². The van der Waals surface area contributed by atoms with Crippen molar-refractivity contribution in [2.45, 2.75) is 18.3 Å². The highest BCUT2D eigenvalue weighted by Crippen LogP contribution is 2.56. The number of allylic oxidation sites excluding steroid dienone is 4. The largest absolute Gasteiger partial charge is 0.313 e. The lowest BCUT2D eigenvalue weighted by molar-refractivity contribution is 0.770. The summed E-state index contributed by atoms with van der Waals surface area (Å²) >= 11 is 0. The van der Waals surface area contributed by atoms with E-state index in [4.69, 9.17) is 0 Å². The van der Waals surface area contributed by atoms with Crippen LogP contribution < -0.4 is 0 Å². The standard InChI is InChI=1S/C55H38N2/c1-4-17-38(18-5-1)55(49-28-13-10-23-43(49)44-24-11-14-29-50(44)55)39-32-34-53-48(36-39)47-35-37(31-33-52(47)56(53)40-19-6-2-7-20-40)42-26-16-27-46-45-25-12-15-30-51(45)57(54(42)46)41-21-8-3-9-22-41/h1-6,8-19,21-36H,7,20H2. The molecular formula is C55H38N2. The van der Waals surface area contributed by atoms with Gasteiger partial charge < -0.3 is 9.13 Å². The molecule has 0 atom stereocenters.